The zero-order valence-corrected chi connectivity index (χ0v) is 19.3. The van der Waals surface area contributed by atoms with Gasteiger partial charge in [0.15, 0.2) is 0 Å². The largest absolute Gasteiger partial charge is 0.405 e. The molecule has 2 aromatic carbocycles. The van der Waals surface area contributed by atoms with Crippen LogP contribution in [0.4, 0.5) is 11.5 Å². The van der Waals surface area contributed by atoms with Gasteiger partial charge in [0.05, 0.1) is 37.0 Å². The Labute approximate surface area is 207 Å². The number of amidine groups is 1. The minimum atomic E-state index is -1.15. The average Bonchev–Trinajstić information content (AvgIpc) is 3.06. The van der Waals surface area contributed by atoms with Crippen molar-refractivity contribution in [1.29, 1.82) is 10.8 Å². The molecule has 11 heteroatoms. The summed E-state index contributed by atoms with van der Waals surface area (Å²) in [4.78, 5) is 28.1. The van der Waals surface area contributed by atoms with Gasteiger partial charge < -0.3 is 25.0 Å². The summed E-state index contributed by atoms with van der Waals surface area (Å²) in [7, 11) is 0. The van der Waals surface area contributed by atoms with Crippen LogP contribution < -0.4 is 15.5 Å². The van der Waals surface area contributed by atoms with Crippen molar-refractivity contribution < 1.29 is 14.3 Å². The van der Waals surface area contributed by atoms with Gasteiger partial charge in [-0.05, 0) is 6.07 Å². The first kappa shape index (κ1) is 23.1. The standard InChI is InChI=1S/C25H24N8O3/c26-22(19-14-29-20(15-28-19)33-10-12-35-13-11-33)36-25(27)32-23-24(34)30-18-9-5-4-8-17(18)21(31-23)16-6-2-1-3-7-16/h1-9,14-15,23,26H,10-13H2,(H2,27,32)(H,30,34). The van der Waals surface area contributed by atoms with Gasteiger partial charge in [-0.3, -0.25) is 15.6 Å². The second-order valence-corrected chi connectivity index (χ2v) is 8.05. The number of hydrogen-bond acceptors (Lipinski definition) is 9. The van der Waals surface area contributed by atoms with Crippen LogP contribution in [0.1, 0.15) is 16.8 Å². The number of aliphatic imine (C=N–C) groups is 1. The van der Waals surface area contributed by atoms with Crippen molar-refractivity contribution in [2.75, 3.05) is 36.5 Å². The topological polar surface area (TPSA) is 149 Å². The number of fused-ring (bicyclic) bond motifs is 1. The molecule has 3 aromatic rings. The highest BCUT2D eigenvalue weighted by atomic mass is 16.5. The summed E-state index contributed by atoms with van der Waals surface area (Å²) in [6.07, 6.45) is 1.82. The highest BCUT2D eigenvalue weighted by Gasteiger charge is 2.27. The van der Waals surface area contributed by atoms with E-state index in [1.165, 1.54) is 6.20 Å². The number of hydrogen-bond donors (Lipinski definition) is 4. The number of ether oxygens (including phenoxy) is 2. The number of amides is 1. The first-order chi connectivity index (χ1) is 17.6. The molecule has 0 bridgehead atoms. The molecule has 182 valence electrons. The van der Waals surface area contributed by atoms with Gasteiger partial charge in [0.2, 0.25) is 12.1 Å². The number of aromatic nitrogens is 2. The number of nitrogens with one attached hydrogen (secondary N) is 4. The van der Waals surface area contributed by atoms with E-state index < -0.39 is 18.1 Å². The fourth-order valence-corrected chi connectivity index (χ4v) is 3.88. The molecular formula is C25H24N8O3. The van der Waals surface area contributed by atoms with E-state index in [9.17, 15) is 4.79 Å². The van der Waals surface area contributed by atoms with Gasteiger partial charge in [0.1, 0.15) is 11.5 Å². The number of morpholine rings is 1. The van der Waals surface area contributed by atoms with Crippen LogP contribution in [0.15, 0.2) is 72.0 Å². The molecular weight excluding hydrogens is 460 g/mol. The van der Waals surface area contributed by atoms with Gasteiger partial charge in [0.25, 0.3) is 11.9 Å². The van der Waals surface area contributed by atoms with E-state index in [1.54, 1.807) is 12.3 Å². The number of para-hydroxylation sites is 1. The number of benzodiazepines with no additional fused rings is 1. The van der Waals surface area contributed by atoms with Crippen LogP contribution >= 0.6 is 0 Å². The zero-order valence-electron chi connectivity index (χ0n) is 19.3. The second-order valence-electron chi connectivity index (χ2n) is 8.05. The van der Waals surface area contributed by atoms with Crippen LogP contribution in [-0.2, 0) is 14.3 Å². The lowest BCUT2D eigenvalue weighted by molar-refractivity contribution is -0.117. The van der Waals surface area contributed by atoms with Crippen molar-refractivity contribution in [2.24, 2.45) is 4.99 Å². The van der Waals surface area contributed by atoms with Gasteiger partial charge in [-0.2, -0.15) is 0 Å². The summed E-state index contributed by atoms with van der Waals surface area (Å²) >= 11 is 0. The molecule has 2 aliphatic heterocycles. The molecule has 4 N–H and O–H groups in total. The maximum Gasteiger partial charge on any atom is 0.290 e. The number of carbonyl (C=O) groups excluding carboxylic acids is 1. The van der Waals surface area contributed by atoms with Crippen LogP contribution in [-0.4, -0.2) is 66.0 Å². The van der Waals surface area contributed by atoms with Crippen molar-refractivity contribution >= 4 is 35.0 Å². The third-order valence-electron chi connectivity index (χ3n) is 5.67. The first-order valence-electron chi connectivity index (χ1n) is 11.4. The SMILES string of the molecule is N=C(NC1N=C(c2ccccc2)c2ccccc2NC1=O)OC(=N)c1cnc(N2CCOCC2)cn1. The van der Waals surface area contributed by atoms with Gasteiger partial charge in [-0.1, -0.05) is 48.5 Å². The van der Waals surface area contributed by atoms with E-state index in [4.69, 9.17) is 20.3 Å². The molecule has 0 saturated carbocycles. The Bertz CT molecular complexity index is 1300. The molecule has 1 amide bonds. The van der Waals surface area contributed by atoms with E-state index >= 15 is 0 Å². The molecule has 1 saturated heterocycles. The predicted octanol–water partition coefficient (Wildman–Crippen LogP) is 2.00. The molecule has 1 atom stereocenters. The first-order valence-corrected chi connectivity index (χ1v) is 11.4. The smallest absolute Gasteiger partial charge is 0.290 e. The summed E-state index contributed by atoms with van der Waals surface area (Å²) in [5, 5.41) is 21.9. The molecule has 5 rings (SSSR count). The minimum Gasteiger partial charge on any atom is -0.405 e. The molecule has 11 nitrogen and oxygen atoms in total. The van der Waals surface area contributed by atoms with Crippen LogP contribution in [0.2, 0.25) is 0 Å². The van der Waals surface area contributed by atoms with Crippen LogP contribution in [0.5, 0.6) is 0 Å². The highest BCUT2D eigenvalue weighted by molar-refractivity contribution is 6.19. The van der Waals surface area contributed by atoms with Crippen molar-refractivity contribution in [1.82, 2.24) is 15.3 Å². The number of rotatable bonds is 4. The maximum absolute atomic E-state index is 12.9. The maximum atomic E-state index is 12.9. The van der Waals surface area contributed by atoms with E-state index in [2.05, 4.69) is 25.6 Å². The lowest BCUT2D eigenvalue weighted by Crippen LogP contribution is -2.43. The number of benzene rings is 2. The Balaban J connectivity index is 1.30. The Morgan fingerprint density at radius 3 is 2.53 bits per heavy atom. The third kappa shape index (κ3) is 5.05. The molecule has 0 spiro atoms. The van der Waals surface area contributed by atoms with Gasteiger partial charge in [0, 0.05) is 24.2 Å². The second kappa shape index (κ2) is 10.3. The quantitative estimate of drug-likeness (QED) is 0.327. The monoisotopic (exact) mass is 484 g/mol. The van der Waals surface area contributed by atoms with Gasteiger partial charge >= 0.3 is 0 Å². The zero-order chi connectivity index (χ0) is 24.9. The Morgan fingerprint density at radius 2 is 1.78 bits per heavy atom. The fraction of sp³-hybridized carbons (Fsp3) is 0.200. The number of carbonyl (C=O) groups is 1. The Hall–Kier alpha value is -4.64. The summed E-state index contributed by atoms with van der Waals surface area (Å²) in [5.41, 5.74) is 2.95. The van der Waals surface area contributed by atoms with E-state index in [0.717, 1.165) is 24.2 Å². The van der Waals surface area contributed by atoms with E-state index in [-0.39, 0.29) is 11.6 Å². The Morgan fingerprint density at radius 1 is 1.03 bits per heavy atom. The minimum absolute atomic E-state index is 0.157. The van der Waals surface area contributed by atoms with Crippen molar-refractivity contribution in [3.63, 3.8) is 0 Å². The molecule has 36 heavy (non-hydrogen) atoms. The van der Waals surface area contributed by atoms with E-state index in [0.29, 0.717) is 30.4 Å². The molecule has 0 radical (unpaired) electrons. The fourth-order valence-electron chi connectivity index (χ4n) is 3.88. The molecule has 1 unspecified atom stereocenters. The summed E-state index contributed by atoms with van der Waals surface area (Å²) in [5.74, 6) is -0.151. The average molecular weight is 485 g/mol. The highest BCUT2D eigenvalue weighted by Crippen LogP contribution is 2.23. The number of nitrogens with zero attached hydrogens (tertiary/aromatic N) is 4. The van der Waals surface area contributed by atoms with E-state index in [1.807, 2.05) is 53.4 Å². The van der Waals surface area contributed by atoms with Crippen molar-refractivity contribution in [3.8, 4) is 0 Å². The summed E-state index contributed by atoms with van der Waals surface area (Å²) in [6.45, 7) is 2.68. The molecule has 1 fully saturated rings. The number of anilines is 2. The van der Waals surface area contributed by atoms with Crippen molar-refractivity contribution in [2.45, 2.75) is 6.17 Å². The third-order valence-corrected chi connectivity index (χ3v) is 5.67. The Kier molecular flexibility index (Phi) is 6.63. The van der Waals surface area contributed by atoms with Crippen LogP contribution in [0.25, 0.3) is 0 Å². The molecule has 1 aromatic heterocycles. The normalized spacial score (nSPS) is 17.2. The lowest BCUT2D eigenvalue weighted by Gasteiger charge is -2.27. The summed E-state index contributed by atoms with van der Waals surface area (Å²) in [6, 6.07) is 16.3. The van der Waals surface area contributed by atoms with Gasteiger partial charge in [-0.15, -0.1) is 0 Å². The van der Waals surface area contributed by atoms with Gasteiger partial charge in [-0.25, -0.2) is 15.0 Å². The molecule has 2 aliphatic rings. The molecule has 0 aliphatic carbocycles. The van der Waals surface area contributed by atoms with Crippen molar-refractivity contribution in [3.05, 3.63) is 83.8 Å². The predicted molar refractivity (Wildman–Crippen MR) is 135 cm³/mol. The van der Waals surface area contributed by atoms with Crippen LogP contribution in [0, 0.1) is 10.8 Å². The molecule has 3 heterocycles. The van der Waals surface area contributed by atoms with Crippen LogP contribution in [0.3, 0.4) is 0 Å². The lowest BCUT2D eigenvalue weighted by atomic mass is 10.0. The summed E-state index contributed by atoms with van der Waals surface area (Å²) < 4.78 is 10.6.